The lowest BCUT2D eigenvalue weighted by molar-refractivity contribution is -0.137. The molecule has 5 nitrogen and oxygen atoms in total. The maximum Gasteiger partial charge on any atom is 0.418 e. The Hall–Kier alpha value is -1.79. The van der Waals surface area contributed by atoms with Gasteiger partial charge in [-0.2, -0.15) is 18.4 Å². The number of benzene rings is 1. The number of hydrogen-bond acceptors (Lipinski definition) is 4. The van der Waals surface area contributed by atoms with Crippen LogP contribution in [0.5, 0.6) is 0 Å². The zero-order valence-corrected chi connectivity index (χ0v) is 12.3. The summed E-state index contributed by atoms with van der Waals surface area (Å²) in [6.07, 6.45) is -5.27. The van der Waals surface area contributed by atoms with E-state index in [9.17, 15) is 26.4 Å². The molecule has 118 valence electrons. The zero-order valence-electron chi connectivity index (χ0n) is 10.8. The van der Waals surface area contributed by atoms with Crippen molar-refractivity contribution in [1.29, 1.82) is 5.26 Å². The Balaban J connectivity index is 2.50. The molecule has 0 N–H and O–H groups in total. The third-order valence-corrected chi connectivity index (χ3v) is 5.08. The highest BCUT2D eigenvalue weighted by Gasteiger charge is 2.42. The minimum atomic E-state index is -4.79. The van der Waals surface area contributed by atoms with E-state index in [2.05, 4.69) is 0 Å². The summed E-state index contributed by atoms with van der Waals surface area (Å²) >= 11 is 0. The Labute approximate surface area is 128 Å². The second kappa shape index (κ2) is 5.44. The van der Waals surface area contributed by atoms with Gasteiger partial charge in [0.1, 0.15) is 5.25 Å². The first kappa shape index (κ1) is 16.6. The maximum atomic E-state index is 13.1. The van der Waals surface area contributed by atoms with Gasteiger partial charge in [0.05, 0.1) is 22.9 Å². The Morgan fingerprint density at radius 1 is 1.36 bits per heavy atom. The van der Waals surface area contributed by atoms with Crippen molar-refractivity contribution in [3.63, 3.8) is 0 Å². The van der Waals surface area contributed by atoms with Crippen LogP contribution in [-0.2, 0) is 20.0 Å². The summed E-state index contributed by atoms with van der Waals surface area (Å²) in [6, 6.07) is 4.30. The molecule has 2 rings (SSSR count). The molecule has 0 radical (unpaired) electrons. The molecular weight excluding hydrogens is 345 g/mol. The highest BCUT2D eigenvalue weighted by atomic mass is 35.7. The van der Waals surface area contributed by atoms with Gasteiger partial charge in [0.2, 0.25) is 15.0 Å². The number of anilines is 1. The predicted molar refractivity (Wildman–Crippen MR) is 71.7 cm³/mol. The topological polar surface area (TPSA) is 78.2 Å². The van der Waals surface area contributed by atoms with Gasteiger partial charge in [-0.25, -0.2) is 8.42 Å². The van der Waals surface area contributed by atoms with Gasteiger partial charge in [0, 0.05) is 23.6 Å². The van der Waals surface area contributed by atoms with E-state index < -0.39 is 50.6 Å². The Kier molecular flexibility index (Phi) is 4.10. The second-order valence-corrected chi connectivity index (χ2v) is 7.56. The molecule has 22 heavy (non-hydrogen) atoms. The molecule has 0 aliphatic carbocycles. The average Bonchev–Trinajstić information content (AvgIpc) is 2.79. The fourth-order valence-corrected chi connectivity index (χ4v) is 3.19. The third kappa shape index (κ3) is 3.18. The van der Waals surface area contributed by atoms with E-state index >= 15 is 0 Å². The van der Waals surface area contributed by atoms with Gasteiger partial charge in [0.15, 0.2) is 0 Å². The molecule has 0 bridgehead atoms. The van der Waals surface area contributed by atoms with Gasteiger partial charge in [-0.05, 0) is 18.2 Å². The molecule has 10 heteroatoms. The first-order valence-electron chi connectivity index (χ1n) is 5.89. The summed E-state index contributed by atoms with van der Waals surface area (Å²) in [5, 5.41) is 7.42. The van der Waals surface area contributed by atoms with Crippen LogP contribution in [0.25, 0.3) is 0 Å². The summed E-state index contributed by atoms with van der Waals surface area (Å²) in [6.45, 7) is -0.459. The summed E-state index contributed by atoms with van der Waals surface area (Å²) in [5.74, 6) is -0.774. The van der Waals surface area contributed by atoms with Gasteiger partial charge in [-0.15, -0.1) is 0 Å². The molecule has 1 aromatic rings. The molecule has 1 heterocycles. The molecular formula is C12H8ClF3N2O3S. The number of carbonyl (C=O) groups is 1. The largest absolute Gasteiger partial charge is 0.418 e. The van der Waals surface area contributed by atoms with Crippen molar-refractivity contribution in [1.82, 2.24) is 0 Å². The first-order chi connectivity index (χ1) is 10.0. The third-order valence-electron chi connectivity index (χ3n) is 3.21. The smallest absolute Gasteiger partial charge is 0.310 e. The quantitative estimate of drug-likeness (QED) is 0.765. The number of nitrogens with zero attached hydrogens (tertiary/aromatic N) is 2. The second-order valence-electron chi connectivity index (χ2n) is 4.65. The number of alkyl halides is 3. The van der Waals surface area contributed by atoms with E-state index in [1.165, 1.54) is 0 Å². The molecule has 0 saturated carbocycles. The Morgan fingerprint density at radius 2 is 2.00 bits per heavy atom. The van der Waals surface area contributed by atoms with E-state index in [1.807, 2.05) is 0 Å². The standard InChI is InChI=1S/C12H8ClF3N2O3S/c13-22(20,21)8-4-11(19)18(6-8)10-2-1-7(5-17)3-9(10)12(14,15)16/h1-3,8H,4,6H2. The van der Waals surface area contributed by atoms with Crippen molar-refractivity contribution in [3.8, 4) is 6.07 Å². The summed E-state index contributed by atoms with van der Waals surface area (Å²) in [7, 11) is 1.10. The Bertz CT molecular complexity index is 771. The van der Waals surface area contributed by atoms with Gasteiger partial charge in [-0.3, -0.25) is 4.79 Å². The minimum absolute atomic E-state index is 0.218. The summed E-state index contributed by atoms with van der Waals surface area (Å²) in [4.78, 5) is 12.6. The van der Waals surface area contributed by atoms with Crippen LogP contribution in [-0.4, -0.2) is 26.1 Å². The van der Waals surface area contributed by atoms with Crippen molar-refractivity contribution >= 4 is 31.3 Å². The van der Waals surface area contributed by atoms with Crippen LogP contribution in [0.3, 0.4) is 0 Å². The molecule has 1 aliphatic heterocycles. The lowest BCUT2D eigenvalue weighted by Gasteiger charge is -2.21. The molecule has 0 aromatic heterocycles. The lowest BCUT2D eigenvalue weighted by atomic mass is 10.1. The van der Waals surface area contributed by atoms with Crippen LogP contribution in [0.15, 0.2) is 18.2 Å². The highest BCUT2D eigenvalue weighted by molar-refractivity contribution is 8.14. The molecule has 0 spiro atoms. The fraction of sp³-hybridized carbons (Fsp3) is 0.333. The van der Waals surface area contributed by atoms with E-state index in [-0.39, 0.29) is 5.56 Å². The van der Waals surface area contributed by atoms with Crippen molar-refractivity contribution in [2.45, 2.75) is 17.8 Å². The average molecular weight is 353 g/mol. The van der Waals surface area contributed by atoms with Crippen molar-refractivity contribution in [3.05, 3.63) is 29.3 Å². The maximum absolute atomic E-state index is 13.1. The fourth-order valence-electron chi connectivity index (χ4n) is 2.16. The number of carbonyl (C=O) groups excluding carboxylic acids is 1. The predicted octanol–water partition coefficient (Wildman–Crippen LogP) is 2.25. The van der Waals surface area contributed by atoms with Crippen LogP contribution < -0.4 is 4.90 Å². The summed E-state index contributed by atoms with van der Waals surface area (Å²) < 4.78 is 61.8. The zero-order chi connectivity index (χ0) is 16.7. The SMILES string of the molecule is N#Cc1ccc(N2CC(S(=O)(=O)Cl)CC2=O)c(C(F)(F)F)c1. The van der Waals surface area contributed by atoms with Crippen molar-refractivity contribution < 1.29 is 26.4 Å². The lowest BCUT2D eigenvalue weighted by Crippen LogP contribution is -2.29. The van der Waals surface area contributed by atoms with Gasteiger partial charge < -0.3 is 4.90 Å². The normalized spacial score (nSPS) is 19.3. The van der Waals surface area contributed by atoms with E-state index in [4.69, 9.17) is 15.9 Å². The van der Waals surface area contributed by atoms with Crippen LogP contribution >= 0.6 is 10.7 Å². The first-order valence-corrected chi connectivity index (χ1v) is 8.26. The molecule has 1 aromatic carbocycles. The molecule has 1 unspecified atom stereocenters. The van der Waals surface area contributed by atoms with Crippen LogP contribution in [0.4, 0.5) is 18.9 Å². The number of amides is 1. The summed E-state index contributed by atoms with van der Waals surface area (Å²) in [5.41, 5.74) is -1.88. The monoisotopic (exact) mass is 352 g/mol. The Morgan fingerprint density at radius 3 is 2.45 bits per heavy atom. The van der Waals surface area contributed by atoms with Crippen LogP contribution in [0, 0.1) is 11.3 Å². The van der Waals surface area contributed by atoms with Crippen LogP contribution in [0.2, 0.25) is 0 Å². The van der Waals surface area contributed by atoms with E-state index in [0.717, 1.165) is 17.0 Å². The molecule has 1 saturated heterocycles. The van der Waals surface area contributed by atoms with E-state index in [1.54, 1.807) is 6.07 Å². The van der Waals surface area contributed by atoms with Gasteiger partial charge in [0.25, 0.3) is 0 Å². The number of hydrogen-bond donors (Lipinski definition) is 0. The molecule has 1 amide bonds. The minimum Gasteiger partial charge on any atom is -0.310 e. The van der Waals surface area contributed by atoms with E-state index in [0.29, 0.717) is 6.07 Å². The van der Waals surface area contributed by atoms with Crippen molar-refractivity contribution in [2.75, 3.05) is 11.4 Å². The van der Waals surface area contributed by atoms with Crippen LogP contribution in [0.1, 0.15) is 17.5 Å². The number of rotatable bonds is 2. The molecule has 1 aliphatic rings. The van der Waals surface area contributed by atoms with Gasteiger partial charge in [-0.1, -0.05) is 0 Å². The molecule has 1 fully saturated rings. The van der Waals surface area contributed by atoms with Crippen molar-refractivity contribution in [2.24, 2.45) is 0 Å². The van der Waals surface area contributed by atoms with Gasteiger partial charge >= 0.3 is 6.18 Å². The molecule has 1 atom stereocenters. The number of nitriles is 1. The number of halogens is 4. The highest BCUT2D eigenvalue weighted by Crippen LogP contribution is 2.39.